The second-order valence-corrected chi connectivity index (χ2v) is 2.65. The van der Waals surface area contributed by atoms with Crippen molar-refractivity contribution < 1.29 is 9.90 Å². The van der Waals surface area contributed by atoms with E-state index in [2.05, 4.69) is 16.0 Å². The molecule has 0 aliphatic heterocycles. The molecule has 0 bridgehead atoms. The van der Waals surface area contributed by atoms with Gasteiger partial charge in [-0.2, -0.15) is 0 Å². The van der Waals surface area contributed by atoms with Gasteiger partial charge in [-0.1, -0.05) is 0 Å². The van der Waals surface area contributed by atoms with Crippen LogP contribution in [0.5, 0.6) is 0 Å². The first-order valence-electron chi connectivity index (χ1n) is 2.73. The zero-order valence-corrected chi connectivity index (χ0v) is 6.96. The number of hydrogen-bond acceptors (Lipinski definition) is 2. The molecule has 0 aromatic rings. The molecule has 4 heteroatoms. The molecule has 0 aliphatic rings. The van der Waals surface area contributed by atoms with Crippen LogP contribution in [0.25, 0.3) is 0 Å². The quantitative estimate of drug-likeness (QED) is 0.587. The minimum absolute atomic E-state index is 0.127. The Morgan fingerprint density at radius 1 is 1.78 bits per heavy atom. The van der Waals surface area contributed by atoms with Crippen molar-refractivity contribution in [3.63, 3.8) is 0 Å². The maximum atomic E-state index is 10.1. The molecule has 0 heterocycles. The summed E-state index contributed by atoms with van der Waals surface area (Å²) in [6.45, 7) is 0.459. The van der Waals surface area contributed by atoms with Gasteiger partial charge in [-0.3, -0.25) is 0 Å². The van der Waals surface area contributed by atoms with E-state index in [1.807, 2.05) is 0 Å². The van der Waals surface area contributed by atoms with E-state index in [0.717, 1.165) is 5.32 Å². The van der Waals surface area contributed by atoms with Crippen molar-refractivity contribution in [1.82, 2.24) is 0 Å². The molecule has 0 aromatic heterocycles. The molecule has 54 valence electrons. The number of carbonyl (C=O) groups is 1. The van der Waals surface area contributed by atoms with Crippen LogP contribution in [0.3, 0.4) is 0 Å². The van der Waals surface area contributed by atoms with Crippen LogP contribution in [-0.2, 0) is 4.79 Å². The van der Waals surface area contributed by atoms with Crippen LogP contribution in [0.2, 0.25) is 5.32 Å². The Bertz CT molecular complexity index is 93.0. The van der Waals surface area contributed by atoms with Gasteiger partial charge in [0.1, 0.15) is 0 Å². The third-order valence-electron chi connectivity index (χ3n) is 1.05. The molecule has 0 saturated heterocycles. The van der Waals surface area contributed by atoms with Gasteiger partial charge >= 0.3 is 61.8 Å². The van der Waals surface area contributed by atoms with Crippen molar-refractivity contribution >= 4 is 22.0 Å². The summed E-state index contributed by atoms with van der Waals surface area (Å²) in [5, 5.41) is 9.07. The zero-order valence-electron chi connectivity index (χ0n) is 5.08. The van der Waals surface area contributed by atoms with Crippen molar-refractivity contribution in [2.75, 3.05) is 6.54 Å². The van der Waals surface area contributed by atoms with Gasteiger partial charge in [0, 0.05) is 0 Å². The van der Waals surface area contributed by atoms with Crippen LogP contribution in [0.4, 0.5) is 0 Å². The van der Waals surface area contributed by atoms with E-state index in [1.54, 1.807) is 0 Å². The molecule has 3 nitrogen and oxygen atoms in total. The molecule has 0 saturated carbocycles. The molecule has 1 atom stereocenters. The van der Waals surface area contributed by atoms with Crippen LogP contribution >= 0.6 is 0 Å². The Labute approximate surface area is 62.4 Å². The van der Waals surface area contributed by atoms with Gasteiger partial charge in [-0.15, -0.1) is 0 Å². The summed E-state index contributed by atoms with van der Waals surface area (Å²) in [6, 6.07) is 0. The van der Waals surface area contributed by atoms with Crippen LogP contribution in [0, 0.1) is 5.92 Å². The van der Waals surface area contributed by atoms with Crippen molar-refractivity contribution in [2.24, 2.45) is 11.7 Å². The Hall–Kier alpha value is -0.0505. The minimum atomic E-state index is -0.767. The standard InChI is InChI=1S/C5H11NO2Se/c6-2-4(3-9)1-5(7)8/h4,9H,1-3,6H2,(H,7,8). The normalized spacial score (nSPS) is 13.1. The molecule has 0 spiro atoms. The molecular weight excluding hydrogens is 185 g/mol. The van der Waals surface area contributed by atoms with Gasteiger partial charge in [-0.25, -0.2) is 0 Å². The summed E-state index contributed by atoms with van der Waals surface area (Å²) >= 11 is 2.35. The fraction of sp³-hybridized carbons (Fsp3) is 0.800. The fourth-order valence-electron chi connectivity index (χ4n) is 0.469. The second kappa shape index (κ2) is 4.79. The molecule has 0 aromatic carbocycles. The van der Waals surface area contributed by atoms with Gasteiger partial charge in [0.2, 0.25) is 0 Å². The fourth-order valence-corrected chi connectivity index (χ4v) is 1.05. The Balaban J connectivity index is 3.43. The third-order valence-corrected chi connectivity index (χ3v) is 2.14. The molecule has 0 aliphatic carbocycles. The molecule has 0 amide bonds. The van der Waals surface area contributed by atoms with Crippen LogP contribution in [0.15, 0.2) is 0 Å². The van der Waals surface area contributed by atoms with Crippen molar-refractivity contribution in [2.45, 2.75) is 11.7 Å². The molecule has 3 N–H and O–H groups in total. The number of aliphatic carboxylic acids is 1. The number of hydrogen-bond donors (Lipinski definition) is 2. The molecule has 0 fully saturated rings. The van der Waals surface area contributed by atoms with E-state index in [1.165, 1.54) is 0 Å². The van der Waals surface area contributed by atoms with Crippen LogP contribution < -0.4 is 5.73 Å². The summed E-state index contributed by atoms with van der Waals surface area (Å²) < 4.78 is 0. The van der Waals surface area contributed by atoms with Gasteiger partial charge < -0.3 is 0 Å². The van der Waals surface area contributed by atoms with Gasteiger partial charge in [0.15, 0.2) is 0 Å². The number of carboxylic acids is 1. The SMILES string of the molecule is NCC(C[SeH])CC(=O)O. The van der Waals surface area contributed by atoms with E-state index in [-0.39, 0.29) is 12.3 Å². The van der Waals surface area contributed by atoms with Gasteiger partial charge in [-0.05, 0) is 0 Å². The van der Waals surface area contributed by atoms with Gasteiger partial charge in [0.05, 0.1) is 0 Å². The van der Waals surface area contributed by atoms with E-state index in [0.29, 0.717) is 6.54 Å². The van der Waals surface area contributed by atoms with E-state index < -0.39 is 5.97 Å². The Morgan fingerprint density at radius 3 is 2.44 bits per heavy atom. The Kier molecular flexibility index (Phi) is 4.77. The summed E-state index contributed by atoms with van der Waals surface area (Å²) in [5.74, 6) is -0.640. The predicted octanol–water partition coefficient (Wildman–Crippen LogP) is -0.645. The third kappa shape index (κ3) is 4.45. The van der Waals surface area contributed by atoms with Crippen molar-refractivity contribution in [1.29, 1.82) is 0 Å². The maximum absolute atomic E-state index is 10.1. The zero-order chi connectivity index (χ0) is 7.28. The number of rotatable bonds is 4. The molecule has 0 rings (SSSR count). The first-order valence-corrected chi connectivity index (χ1v) is 4.06. The van der Waals surface area contributed by atoms with Crippen LogP contribution in [0.1, 0.15) is 6.42 Å². The first-order chi connectivity index (χ1) is 4.20. The summed E-state index contributed by atoms with van der Waals surface area (Å²) in [4.78, 5) is 10.1. The Morgan fingerprint density at radius 2 is 2.33 bits per heavy atom. The van der Waals surface area contributed by atoms with Crippen molar-refractivity contribution in [3.05, 3.63) is 0 Å². The van der Waals surface area contributed by atoms with Crippen LogP contribution in [-0.4, -0.2) is 33.6 Å². The van der Waals surface area contributed by atoms with Gasteiger partial charge in [0.25, 0.3) is 0 Å². The molecule has 1 unspecified atom stereocenters. The summed E-state index contributed by atoms with van der Waals surface area (Å²) in [7, 11) is 0. The molecule has 9 heavy (non-hydrogen) atoms. The molecule has 0 radical (unpaired) electrons. The van der Waals surface area contributed by atoms with E-state index >= 15 is 0 Å². The monoisotopic (exact) mass is 197 g/mol. The average Bonchev–Trinajstić information content (AvgIpc) is 1.82. The van der Waals surface area contributed by atoms with E-state index in [9.17, 15) is 4.79 Å². The van der Waals surface area contributed by atoms with E-state index in [4.69, 9.17) is 10.8 Å². The predicted molar refractivity (Wildman–Crippen MR) is 36.8 cm³/mol. The topological polar surface area (TPSA) is 63.3 Å². The second-order valence-electron chi connectivity index (χ2n) is 1.88. The summed E-state index contributed by atoms with van der Waals surface area (Å²) in [6.07, 6.45) is 0.186. The average molecular weight is 196 g/mol. The molecular formula is C5H11NO2Se. The number of carboxylic acid groups (broad SMARTS) is 1. The first kappa shape index (κ1) is 8.95. The number of nitrogens with two attached hydrogens (primary N) is 1. The summed E-state index contributed by atoms with van der Waals surface area (Å²) in [5.41, 5.74) is 5.26. The van der Waals surface area contributed by atoms with Crippen molar-refractivity contribution in [3.8, 4) is 0 Å².